The van der Waals surface area contributed by atoms with E-state index in [0.29, 0.717) is 5.82 Å². The monoisotopic (exact) mass is 240 g/mol. The normalized spacial score (nSPS) is 11.3. The number of amides is 1. The van der Waals surface area contributed by atoms with Gasteiger partial charge in [0, 0.05) is 12.5 Å². The van der Waals surface area contributed by atoms with E-state index in [1.54, 1.807) is 0 Å². The number of hydrogen-bond donors (Lipinski definition) is 2. The number of nitrogens with zero attached hydrogens (tertiary/aromatic N) is 3. The van der Waals surface area contributed by atoms with E-state index in [4.69, 9.17) is 5.11 Å². The predicted molar refractivity (Wildman–Crippen MR) is 59.7 cm³/mol. The van der Waals surface area contributed by atoms with E-state index >= 15 is 0 Å². The number of hydrogen-bond acceptors (Lipinski definition) is 4. The number of H-pyrrole nitrogens is 1. The first-order chi connectivity index (χ1) is 7.71. The number of aromatic amines is 1. The van der Waals surface area contributed by atoms with Crippen LogP contribution < -0.4 is 0 Å². The zero-order valence-corrected chi connectivity index (χ0v) is 10.3. The topological polar surface area (TPSA) is 99.2 Å². The molecule has 1 heterocycles. The van der Waals surface area contributed by atoms with Crippen molar-refractivity contribution in [1.82, 2.24) is 20.1 Å². The van der Waals surface area contributed by atoms with E-state index in [-0.39, 0.29) is 17.8 Å². The summed E-state index contributed by atoms with van der Waals surface area (Å²) >= 11 is 0. The Kier molecular flexibility index (Phi) is 3.50. The Hall–Kier alpha value is -1.92. The maximum atomic E-state index is 11.7. The molecule has 0 unspecified atom stereocenters. The van der Waals surface area contributed by atoms with Crippen LogP contribution in [-0.4, -0.2) is 50.7 Å². The highest BCUT2D eigenvalue weighted by Crippen LogP contribution is 2.17. The molecular weight excluding hydrogens is 224 g/mol. The fourth-order valence-electron chi connectivity index (χ4n) is 1.14. The van der Waals surface area contributed by atoms with Gasteiger partial charge in [0.15, 0.2) is 0 Å². The van der Waals surface area contributed by atoms with Crippen LogP contribution >= 0.6 is 0 Å². The van der Waals surface area contributed by atoms with Crippen LogP contribution in [0.15, 0.2) is 0 Å². The minimum absolute atomic E-state index is 0.0151. The molecule has 0 fully saturated rings. The molecule has 2 N–H and O–H groups in total. The van der Waals surface area contributed by atoms with E-state index in [0.717, 1.165) is 4.90 Å². The van der Waals surface area contributed by atoms with Crippen LogP contribution in [-0.2, 0) is 10.2 Å². The standard InChI is InChI=1S/C10H16N4O3/c1-10(2,3)9-11-7(12-13-9)8(17)14(4)5-6(15)16/h5H2,1-4H3,(H,15,16)(H,11,12,13). The van der Waals surface area contributed by atoms with E-state index in [2.05, 4.69) is 15.2 Å². The summed E-state index contributed by atoms with van der Waals surface area (Å²) in [5.41, 5.74) is -0.239. The third-order valence-electron chi connectivity index (χ3n) is 2.11. The summed E-state index contributed by atoms with van der Waals surface area (Å²) in [5.74, 6) is -1.02. The smallest absolute Gasteiger partial charge is 0.323 e. The zero-order valence-electron chi connectivity index (χ0n) is 10.3. The lowest BCUT2D eigenvalue weighted by molar-refractivity contribution is -0.137. The molecule has 0 aliphatic rings. The van der Waals surface area contributed by atoms with Crippen LogP contribution in [0, 0.1) is 0 Å². The lowest BCUT2D eigenvalue weighted by atomic mass is 9.96. The van der Waals surface area contributed by atoms with Gasteiger partial charge in [-0.05, 0) is 0 Å². The molecule has 7 heteroatoms. The molecule has 0 saturated heterocycles. The van der Waals surface area contributed by atoms with Gasteiger partial charge in [0.05, 0.1) is 0 Å². The van der Waals surface area contributed by atoms with E-state index in [1.807, 2.05) is 20.8 Å². The number of carbonyl (C=O) groups excluding carboxylic acids is 1. The Morgan fingerprint density at radius 2 is 2.00 bits per heavy atom. The number of nitrogens with one attached hydrogen (secondary N) is 1. The third kappa shape index (κ3) is 3.27. The SMILES string of the molecule is CN(CC(=O)O)C(=O)c1n[nH]c(C(C)(C)C)n1. The molecule has 17 heavy (non-hydrogen) atoms. The molecule has 1 amide bonds. The van der Waals surface area contributed by atoms with Crippen molar-refractivity contribution in [2.75, 3.05) is 13.6 Å². The van der Waals surface area contributed by atoms with Crippen molar-refractivity contribution < 1.29 is 14.7 Å². The van der Waals surface area contributed by atoms with Gasteiger partial charge in [0.2, 0.25) is 5.82 Å². The first-order valence-electron chi connectivity index (χ1n) is 5.12. The fraction of sp³-hybridized carbons (Fsp3) is 0.600. The predicted octanol–water partition coefficient (Wildman–Crippen LogP) is 0.259. The second kappa shape index (κ2) is 4.52. The molecule has 0 aliphatic carbocycles. The number of aromatic nitrogens is 3. The van der Waals surface area contributed by atoms with Crippen LogP contribution in [0.3, 0.4) is 0 Å². The molecule has 0 spiro atoms. The second-order valence-corrected chi connectivity index (χ2v) is 4.81. The molecule has 0 aliphatic heterocycles. The van der Waals surface area contributed by atoms with Crippen molar-refractivity contribution in [2.45, 2.75) is 26.2 Å². The maximum Gasteiger partial charge on any atom is 0.323 e. The largest absolute Gasteiger partial charge is 0.480 e. The van der Waals surface area contributed by atoms with Gasteiger partial charge in [0.25, 0.3) is 5.91 Å². The molecule has 0 bridgehead atoms. The van der Waals surface area contributed by atoms with E-state index < -0.39 is 11.9 Å². The first-order valence-corrected chi connectivity index (χ1v) is 5.12. The molecule has 7 nitrogen and oxygen atoms in total. The fourth-order valence-corrected chi connectivity index (χ4v) is 1.14. The Balaban J connectivity index is 2.84. The van der Waals surface area contributed by atoms with Gasteiger partial charge in [-0.15, -0.1) is 5.10 Å². The van der Waals surface area contributed by atoms with E-state index in [1.165, 1.54) is 7.05 Å². The molecule has 94 valence electrons. The summed E-state index contributed by atoms with van der Waals surface area (Å²) in [6.07, 6.45) is 0. The summed E-state index contributed by atoms with van der Waals surface area (Å²) in [6.45, 7) is 5.42. The molecule has 0 saturated carbocycles. The number of rotatable bonds is 3. The van der Waals surface area contributed by atoms with Crippen molar-refractivity contribution in [3.63, 3.8) is 0 Å². The highest BCUT2D eigenvalue weighted by molar-refractivity contribution is 5.92. The minimum Gasteiger partial charge on any atom is -0.480 e. The number of carbonyl (C=O) groups is 2. The Bertz CT molecular complexity index is 433. The van der Waals surface area contributed by atoms with Crippen molar-refractivity contribution >= 4 is 11.9 Å². The van der Waals surface area contributed by atoms with Gasteiger partial charge in [-0.2, -0.15) is 0 Å². The lowest BCUT2D eigenvalue weighted by Gasteiger charge is -2.13. The van der Waals surface area contributed by atoms with Gasteiger partial charge in [-0.25, -0.2) is 4.98 Å². The minimum atomic E-state index is -1.08. The van der Waals surface area contributed by atoms with E-state index in [9.17, 15) is 9.59 Å². The molecule has 1 rings (SSSR count). The maximum absolute atomic E-state index is 11.7. The average Bonchev–Trinajstić information content (AvgIpc) is 2.63. The molecule has 0 radical (unpaired) electrons. The van der Waals surface area contributed by atoms with Crippen molar-refractivity contribution in [3.8, 4) is 0 Å². The molecule has 0 aromatic carbocycles. The highest BCUT2D eigenvalue weighted by Gasteiger charge is 2.23. The first kappa shape index (κ1) is 13.1. The molecule has 1 aromatic heterocycles. The van der Waals surface area contributed by atoms with Gasteiger partial charge >= 0.3 is 5.97 Å². The van der Waals surface area contributed by atoms with Crippen LogP contribution in [0.1, 0.15) is 37.2 Å². The van der Waals surface area contributed by atoms with Crippen LogP contribution in [0.2, 0.25) is 0 Å². The van der Waals surface area contributed by atoms with Gasteiger partial charge < -0.3 is 10.0 Å². The molecular formula is C10H16N4O3. The number of carboxylic acids is 1. The van der Waals surface area contributed by atoms with Crippen molar-refractivity contribution in [3.05, 3.63) is 11.6 Å². The average molecular weight is 240 g/mol. The number of likely N-dealkylation sites (N-methyl/N-ethyl adjacent to an activating group) is 1. The quantitative estimate of drug-likeness (QED) is 0.789. The molecule has 0 atom stereocenters. The highest BCUT2D eigenvalue weighted by atomic mass is 16.4. The third-order valence-corrected chi connectivity index (χ3v) is 2.11. The zero-order chi connectivity index (χ0) is 13.2. The summed E-state index contributed by atoms with van der Waals surface area (Å²) in [7, 11) is 1.39. The summed E-state index contributed by atoms with van der Waals surface area (Å²) in [4.78, 5) is 27.3. The summed E-state index contributed by atoms with van der Waals surface area (Å²) in [5, 5.41) is 15.0. The van der Waals surface area contributed by atoms with Crippen LogP contribution in [0.4, 0.5) is 0 Å². The van der Waals surface area contributed by atoms with Crippen molar-refractivity contribution in [1.29, 1.82) is 0 Å². The number of aliphatic carboxylic acids is 1. The van der Waals surface area contributed by atoms with Gasteiger partial charge in [-0.1, -0.05) is 20.8 Å². The van der Waals surface area contributed by atoms with Crippen molar-refractivity contribution in [2.24, 2.45) is 0 Å². The van der Waals surface area contributed by atoms with Gasteiger partial charge in [-0.3, -0.25) is 14.7 Å². The Morgan fingerprint density at radius 1 is 1.41 bits per heavy atom. The number of carboxylic acid groups (broad SMARTS) is 1. The Labute approximate surface area is 98.8 Å². The van der Waals surface area contributed by atoms with Crippen LogP contribution in [0.25, 0.3) is 0 Å². The summed E-state index contributed by atoms with van der Waals surface area (Å²) in [6, 6.07) is 0. The Morgan fingerprint density at radius 3 is 2.41 bits per heavy atom. The lowest BCUT2D eigenvalue weighted by Crippen LogP contribution is -2.32. The van der Waals surface area contributed by atoms with Gasteiger partial charge in [0.1, 0.15) is 12.4 Å². The van der Waals surface area contributed by atoms with Crippen LogP contribution in [0.5, 0.6) is 0 Å². The second-order valence-electron chi connectivity index (χ2n) is 4.81. The molecule has 1 aromatic rings. The summed E-state index contributed by atoms with van der Waals surface area (Å²) < 4.78 is 0.